The quantitative estimate of drug-likeness (QED) is 0.396. The van der Waals surface area contributed by atoms with E-state index in [1.165, 1.54) is 0 Å². The molecule has 0 saturated heterocycles. The molecule has 0 aliphatic heterocycles. The van der Waals surface area contributed by atoms with Gasteiger partial charge >= 0.3 is 0 Å². The smallest absolute Gasteiger partial charge is 0.221 e. The van der Waals surface area contributed by atoms with Crippen LogP contribution in [0.25, 0.3) is 10.9 Å². The second-order valence-electron chi connectivity index (χ2n) is 6.26. The minimum atomic E-state index is 0.0600. The normalized spacial score (nSPS) is 11.4. The average molecular weight is 392 g/mol. The van der Waals surface area contributed by atoms with E-state index in [-0.39, 0.29) is 5.88 Å². The fourth-order valence-corrected chi connectivity index (χ4v) is 3.28. The number of hydrogen-bond donors (Lipinski definition) is 1. The maximum atomic E-state index is 10.9. The van der Waals surface area contributed by atoms with Crippen LogP contribution in [0.1, 0.15) is 5.56 Å². The van der Waals surface area contributed by atoms with E-state index in [1.54, 1.807) is 31.4 Å². The fourth-order valence-electron chi connectivity index (χ4n) is 3.15. The van der Waals surface area contributed by atoms with Gasteiger partial charge in [-0.05, 0) is 36.4 Å². The molecule has 0 fully saturated rings. The van der Waals surface area contributed by atoms with Gasteiger partial charge in [-0.15, -0.1) is 5.11 Å². The third-order valence-corrected chi connectivity index (χ3v) is 4.78. The molecule has 0 bridgehead atoms. The van der Waals surface area contributed by atoms with E-state index < -0.39 is 0 Å². The van der Waals surface area contributed by atoms with E-state index in [0.29, 0.717) is 22.9 Å². The van der Waals surface area contributed by atoms with E-state index in [2.05, 4.69) is 10.2 Å². The number of methoxy groups -OCH3 is 1. The maximum Gasteiger partial charge on any atom is 0.221 e. The van der Waals surface area contributed by atoms with Crippen molar-refractivity contribution in [1.82, 2.24) is 4.57 Å². The number of ether oxygens (including phenoxy) is 1. The zero-order valence-electron chi connectivity index (χ0n) is 15.2. The van der Waals surface area contributed by atoms with Crippen LogP contribution in [-0.2, 0) is 6.54 Å². The maximum absolute atomic E-state index is 10.9. The molecule has 0 saturated carbocycles. The molecule has 5 nitrogen and oxygen atoms in total. The lowest BCUT2D eigenvalue weighted by Crippen LogP contribution is -2.01. The molecule has 3 aromatic carbocycles. The molecule has 0 radical (unpaired) electrons. The Bertz CT molecular complexity index is 1150. The first-order valence-corrected chi connectivity index (χ1v) is 9.14. The third kappa shape index (κ3) is 3.44. The minimum absolute atomic E-state index is 0.0600. The summed E-state index contributed by atoms with van der Waals surface area (Å²) in [4.78, 5) is 0. The van der Waals surface area contributed by atoms with Crippen molar-refractivity contribution < 1.29 is 9.84 Å². The monoisotopic (exact) mass is 391 g/mol. The summed E-state index contributed by atoms with van der Waals surface area (Å²) >= 11 is 5.91. The van der Waals surface area contributed by atoms with Gasteiger partial charge < -0.3 is 14.4 Å². The van der Waals surface area contributed by atoms with Crippen molar-refractivity contribution in [2.24, 2.45) is 10.2 Å². The van der Waals surface area contributed by atoms with E-state index >= 15 is 0 Å². The van der Waals surface area contributed by atoms with Crippen molar-refractivity contribution in [2.75, 3.05) is 7.11 Å². The van der Waals surface area contributed by atoms with Crippen LogP contribution >= 0.6 is 11.6 Å². The molecule has 0 unspecified atom stereocenters. The molecule has 0 spiro atoms. The molecule has 4 aromatic rings. The van der Waals surface area contributed by atoms with Gasteiger partial charge in [0.2, 0.25) is 5.88 Å². The number of aromatic hydroxyl groups is 1. The molecule has 0 amide bonds. The number of hydrogen-bond acceptors (Lipinski definition) is 4. The zero-order chi connectivity index (χ0) is 19.5. The SMILES string of the molecule is COc1ccccc1Cn1c(O)c(N=Nc2ccc(Cl)cc2)c2ccccc21. The first kappa shape index (κ1) is 18.1. The Kier molecular flexibility index (Phi) is 5.00. The summed E-state index contributed by atoms with van der Waals surface area (Å²) in [6, 6.07) is 22.5. The van der Waals surface area contributed by atoms with Crippen molar-refractivity contribution in [2.45, 2.75) is 6.54 Å². The number of rotatable bonds is 5. The second-order valence-corrected chi connectivity index (χ2v) is 6.70. The van der Waals surface area contributed by atoms with Crippen LogP contribution in [0.15, 0.2) is 83.0 Å². The highest BCUT2D eigenvalue weighted by Crippen LogP contribution is 2.40. The van der Waals surface area contributed by atoms with Crippen LogP contribution in [0.2, 0.25) is 5.02 Å². The van der Waals surface area contributed by atoms with E-state index in [0.717, 1.165) is 22.2 Å². The summed E-state index contributed by atoms with van der Waals surface area (Å²) in [5.41, 5.74) is 2.92. The summed E-state index contributed by atoms with van der Waals surface area (Å²) in [6.07, 6.45) is 0. The van der Waals surface area contributed by atoms with E-state index in [1.807, 2.05) is 53.1 Å². The predicted molar refractivity (Wildman–Crippen MR) is 111 cm³/mol. The number of aromatic nitrogens is 1. The highest BCUT2D eigenvalue weighted by atomic mass is 35.5. The molecule has 1 aromatic heterocycles. The van der Waals surface area contributed by atoms with Crippen LogP contribution in [-0.4, -0.2) is 16.8 Å². The number of para-hydroxylation sites is 2. The van der Waals surface area contributed by atoms with Crippen LogP contribution in [0.4, 0.5) is 11.4 Å². The lowest BCUT2D eigenvalue weighted by atomic mass is 10.2. The summed E-state index contributed by atoms with van der Waals surface area (Å²) in [5, 5.41) is 20.9. The molecule has 0 atom stereocenters. The van der Waals surface area contributed by atoms with Gasteiger partial charge in [0, 0.05) is 16.0 Å². The Balaban J connectivity index is 1.78. The summed E-state index contributed by atoms with van der Waals surface area (Å²) in [6.45, 7) is 0.451. The van der Waals surface area contributed by atoms with E-state index in [9.17, 15) is 5.11 Å². The van der Waals surface area contributed by atoms with Crippen LogP contribution < -0.4 is 4.74 Å². The number of nitrogens with zero attached hydrogens (tertiary/aromatic N) is 3. The number of fused-ring (bicyclic) bond motifs is 1. The van der Waals surface area contributed by atoms with Crippen molar-refractivity contribution in [1.29, 1.82) is 0 Å². The Morgan fingerprint density at radius 1 is 0.929 bits per heavy atom. The van der Waals surface area contributed by atoms with Crippen LogP contribution in [0.5, 0.6) is 11.6 Å². The topological polar surface area (TPSA) is 59.1 Å². The largest absolute Gasteiger partial charge is 0.496 e. The lowest BCUT2D eigenvalue weighted by molar-refractivity contribution is 0.403. The van der Waals surface area contributed by atoms with Gasteiger partial charge in [-0.1, -0.05) is 48.0 Å². The predicted octanol–water partition coefficient (Wildman–Crippen LogP) is 6.47. The molecule has 1 N–H and O–H groups in total. The minimum Gasteiger partial charge on any atom is -0.496 e. The molecule has 1 heterocycles. The summed E-state index contributed by atoms with van der Waals surface area (Å²) in [7, 11) is 1.64. The van der Waals surface area contributed by atoms with Gasteiger partial charge in [0.1, 0.15) is 5.75 Å². The molecule has 28 heavy (non-hydrogen) atoms. The second kappa shape index (κ2) is 7.74. The summed E-state index contributed by atoms with van der Waals surface area (Å²) in [5.74, 6) is 0.828. The fraction of sp³-hybridized carbons (Fsp3) is 0.0909. The van der Waals surface area contributed by atoms with Gasteiger partial charge in [-0.25, -0.2) is 0 Å². The standard InChI is InChI=1S/C22H18ClN3O2/c1-28-20-9-5-2-6-15(20)14-26-19-8-4-3-7-18(19)21(22(26)27)25-24-17-12-10-16(23)11-13-17/h2-13,27H,14H2,1H3. The lowest BCUT2D eigenvalue weighted by Gasteiger charge is -2.11. The van der Waals surface area contributed by atoms with Gasteiger partial charge in [0.15, 0.2) is 5.69 Å². The van der Waals surface area contributed by atoms with Gasteiger partial charge in [-0.3, -0.25) is 0 Å². The highest BCUT2D eigenvalue weighted by Gasteiger charge is 2.17. The highest BCUT2D eigenvalue weighted by molar-refractivity contribution is 6.30. The third-order valence-electron chi connectivity index (χ3n) is 4.53. The van der Waals surface area contributed by atoms with Crippen molar-refractivity contribution in [3.63, 3.8) is 0 Å². The Morgan fingerprint density at radius 3 is 2.43 bits per heavy atom. The number of halogens is 1. The van der Waals surface area contributed by atoms with Crippen molar-refractivity contribution >= 4 is 33.9 Å². The molecular weight excluding hydrogens is 374 g/mol. The average Bonchev–Trinajstić information content (AvgIpc) is 2.99. The Hall–Kier alpha value is -3.31. The molecule has 0 aliphatic rings. The van der Waals surface area contributed by atoms with Crippen molar-refractivity contribution in [3.05, 3.63) is 83.4 Å². The van der Waals surface area contributed by atoms with Crippen LogP contribution in [0.3, 0.4) is 0 Å². The molecule has 140 valence electrons. The number of azo groups is 1. The van der Waals surface area contributed by atoms with Gasteiger partial charge in [-0.2, -0.15) is 5.11 Å². The molecular formula is C22H18ClN3O2. The van der Waals surface area contributed by atoms with Crippen molar-refractivity contribution in [3.8, 4) is 11.6 Å². The molecule has 0 aliphatic carbocycles. The zero-order valence-corrected chi connectivity index (χ0v) is 16.0. The molecule has 6 heteroatoms. The van der Waals surface area contributed by atoms with E-state index in [4.69, 9.17) is 16.3 Å². The van der Waals surface area contributed by atoms with Crippen LogP contribution in [0, 0.1) is 0 Å². The first-order chi connectivity index (χ1) is 13.7. The van der Waals surface area contributed by atoms with Gasteiger partial charge in [0.25, 0.3) is 0 Å². The Morgan fingerprint density at radius 2 is 1.64 bits per heavy atom. The summed E-state index contributed by atoms with van der Waals surface area (Å²) < 4.78 is 7.25. The number of benzene rings is 3. The van der Waals surface area contributed by atoms with Gasteiger partial charge in [0.05, 0.1) is 24.9 Å². The Labute approximate surface area is 167 Å². The molecule has 4 rings (SSSR count). The first-order valence-electron chi connectivity index (χ1n) is 8.77.